The van der Waals surface area contributed by atoms with Gasteiger partial charge in [-0.1, -0.05) is 26.0 Å². The fourth-order valence-electron chi connectivity index (χ4n) is 1.75. The molecule has 92 valence electrons. The van der Waals surface area contributed by atoms with E-state index in [4.69, 9.17) is 0 Å². The third kappa shape index (κ3) is 4.54. The number of hydrogen-bond donors (Lipinski definition) is 1. The van der Waals surface area contributed by atoms with Crippen molar-refractivity contribution in [3.8, 4) is 5.75 Å². The Morgan fingerprint density at radius 2 is 1.88 bits per heavy atom. The minimum atomic E-state index is 0. The summed E-state index contributed by atoms with van der Waals surface area (Å²) in [6.07, 6.45) is 0.940. The van der Waals surface area contributed by atoms with Gasteiger partial charge in [-0.3, -0.25) is 0 Å². The van der Waals surface area contributed by atoms with Crippen LogP contribution in [-0.4, -0.2) is 24.1 Å². The van der Waals surface area contributed by atoms with Crippen molar-refractivity contribution in [2.45, 2.75) is 26.8 Å². The van der Waals surface area contributed by atoms with E-state index in [1.807, 2.05) is 20.2 Å². The van der Waals surface area contributed by atoms with Gasteiger partial charge in [0.05, 0.1) is 0 Å². The molecule has 0 radical (unpaired) electrons. The fourth-order valence-corrected chi connectivity index (χ4v) is 1.75. The Balaban J connectivity index is 0.00000225. The van der Waals surface area contributed by atoms with Gasteiger partial charge in [-0.25, -0.2) is 0 Å². The molecule has 0 amide bonds. The molecule has 0 fully saturated rings. The molecule has 0 aromatic heterocycles. The molecule has 3 heteroatoms. The van der Waals surface area contributed by atoms with E-state index < -0.39 is 0 Å². The topological polar surface area (TPSA) is 23.5 Å². The van der Waals surface area contributed by atoms with E-state index in [1.54, 1.807) is 6.07 Å². The lowest BCUT2D eigenvalue weighted by Crippen LogP contribution is -2.13. The van der Waals surface area contributed by atoms with Crippen LogP contribution in [0.5, 0.6) is 5.75 Å². The maximum Gasteiger partial charge on any atom is 0.119 e. The Morgan fingerprint density at radius 1 is 1.25 bits per heavy atom. The number of nitrogens with zero attached hydrogens (tertiary/aromatic N) is 1. The van der Waals surface area contributed by atoms with Gasteiger partial charge in [0.2, 0.25) is 0 Å². The van der Waals surface area contributed by atoms with Crippen LogP contribution in [0, 0.1) is 5.92 Å². The van der Waals surface area contributed by atoms with Crippen molar-refractivity contribution < 1.29 is 5.11 Å². The lowest BCUT2D eigenvalue weighted by Gasteiger charge is -2.16. The molecule has 1 aromatic carbocycles. The van der Waals surface area contributed by atoms with Crippen LogP contribution in [0.25, 0.3) is 0 Å². The average molecular weight is 288 g/mol. The van der Waals surface area contributed by atoms with Crippen molar-refractivity contribution in [3.05, 3.63) is 29.3 Å². The Morgan fingerprint density at radius 3 is 2.38 bits per heavy atom. The fraction of sp³-hybridized carbons (Fsp3) is 0.538. The molecule has 0 heterocycles. The van der Waals surface area contributed by atoms with Gasteiger partial charge in [0.15, 0.2) is 0 Å². The van der Waals surface area contributed by atoms with E-state index in [9.17, 15) is 5.11 Å². The van der Waals surface area contributed by atoms with Gasteiger partial charge in [0, 0.05) is 6.54 Å². The summed E-state index contributed by atoms with van der Waals surface area (Å²) in [7, 11) is 4.09. The predicted molar refractivity (Wildman–Crippen MR) is 74.4 cm³/mol. The average Bonchev–Trinajstić information content (AvgIpc) is 2.09. The second kappa shape index (κ2) is 6.92. The second-order valence-corrected chi connectivity index (χ2v) is 4.75. The first-order valence-electron chi connectivity index (χ1n) is 5.45. The van der Waals surface area contributed by atoms with Gasteiger partial charge >= 0.3 is 0 Å². The zero-order valence-corrected chi connectivity index (χ0v) is 12.2. The second-order valence-electron chi connectivity index (χ2n) is 4.75. The molecule has 0 aliphatic heterocycles. The summed E-state index contributed by atoms with van der Waals surface area (Å²) in [4.78, 5) is 2.12. The third-order valence-corrected chi connectivity index (χ3v) is 2.35. The van der Waals surface area contributed by atoms with E-state index in [-0.39, 0.29) is 17.0 Å². The monoisotopic (exact) mass is 287 g/mol. The number of halogens is 1. The first kappa shape index (κ1) is 15.5. The Bertz CT molecular complexity index is 324. The zero-order valence-electron chi connectivity index (χ0n) is 10.5. The van der Waals surface area contributed by atoms with Crippen molar-refractivity contribution in [2.24, 2.45) is 5.92 Å². The Kier molecular flexibility index (Phi) is 6.68. The number of rotatable bonds is 4. The standard InChI is InChI=1S/C13H21NO.BrH/c1-10(2)8-12-11(9-14(3)4)6-5-7-13(12)15;/h5-7,10,15H,8-9H2,1-4H3;1H. The van der Waals surface area contributed by atoms with Crippen LogP contribution >= 0.6 is 17.0 Å². The van der Waals surface area contributed by atoms with Crippen LogP contribution in [0.2, 0.25) is 0 Å². The number of aromatic hydroxyl groups is 1. The summed E-state index contributed by atoms with van der Waals surface area (Å²) in [6.45, 7) is 5.23. The number of phenols is 1. The number of benzene rings is 1. The Labute approximate surface area is 109 Å². The van der Waals surface area contributed by atoms with Gasteiger partial charge in [0.25, 0.3) is 0 Å². The molecule has 0 aliphatic carbocycles. The number of hydrogen-bond acceptors (Lipinski definition) is 2. The molecule has 0 unspecified atom stereocenters. The highest BCUT2D eigenvalue weighted by Gasteiger charge is 2.09. The van der Waals surface area contributed by atoms with Gasteiger partial charge in [-0.15, -0.1) is 17.0 Å². The molecule has 0 spiro atoms. The van der Waals surface area contributed by atoms with Crippen LogP contribution in [0.15, 0.2) is 18.2 Å². The highest BCUT2D eigenvalue weighted by atomic mass is 79.9. The highest BCUT2D eigenvalue weighted by Crippen LogP contribution is 2.24. The van der Waals surface area contributed by atoms with E-state index in [0.29, 0.717) is 11.7 Å². The van der Waals surface area contributed by atoms with Crippen molar-refractivity contribution in [3.63, 3.8) is 0 Å². The summed E-state index contributed by atoms with van der Waals surface area (Å²) in [6, 6.07) is 5.78. The molecule has 1 N–H and O–H groups in total. The van der Waals surface area contributed by atoms with Crippen molar-refractivity contribution in [1.82, 2.24) is 4.90 Å². The van der Waals surface area contributed by atoms with Crippen LogP contribution in [0.4, 0.5) is 0 Å². The third-order valence-electron chi connectivity index (χ3n) is 2.35. The molecular weight excluding hydrogens is 266 g/mol. The van der Waals surface area contributed by atoms with Crippen LogP contribution in [-0.2, 0) is 13.0 Å². The van der Waals surface area contributed by atoms with Crippen LogP contribution < -0.4 is 0 Å². The van der Waals surface area contributed by atoms with E-state index >= 15 is 0 Å². The molecule has 0 bridgehead atoms. The van der Waals surface area contributed by atoms with E-state index in [2.05, 4.69) is 24.8 Å². The quantitative estimate of drug-likeness (QED) is 0.919. The predicted octanol–water partition coefficient (Wildman–Crippen LogP) is 3.23. The number of phenolic OH excluding ortho intramolecular Hbond substituents is 1. The van der Waals surface area contributed by atoms with Gasteiger partial charge in [-0.2, -0.15) is 0 Å². The first-order valence-corrected chi connectivity index (χ1v) is 5.45. The maximum absolute atomic E-state index is 9.83. The summed E-state index contributed by atoms with van der Waals surface area (Å²) >= 11 is 0. The van der Waals surface area contributed by atoms with Gasteiger partial charge < -0.3 is 10.0 Å². The van der Waals surface area contributed by atoms with E-state index in [0.717, 1.165) is 18.5 Å². The van der Waals surface area contributed by atoms with Gasteiger partial charge in [0.1, 0.15) is 5.75 Å². The molecule has 1 rings (SSSR count). The summed E-state index contributed by atoms with van der Waals surface area (Å²) in [5, 5.41) is 9.83. The minimum Gasteiger partial charge on any atom is -0.508 e. The summed E-state index contributed by atoms with van der Waals surface area (Å²) in [5.41, 5.74) is 2.33. The van der Waals surface area contributed by atoms with Crippen molar-refractivity contribution in [2.75, 3.05) is 14.1 Å². The molecule has 0 saturated heterocycles. The smallest absolute Gasteiger partial charge is 0.119 e. The van der Waals surface area contributed by atoms with E-state index in [1.165, 1.54) is 5.56 Å². The molecular formula is C13H22BrNO. The SMILES string of the molecule is Br.CC(C)Cc1c(O)cccc1CN(C)C. The summed E-state index contributed by atoms with van der Waals surface area (Å²) < 4.78 is 0. The first-order chi connectivity index (χ1) is 7.00. The largest absolute Gasteiger partial charge is 0.508 e. The highest BCUT2D eigenvalue weighted by molar-refractivity contribution is 8.93. The zero-order chi connectivity index (χ0) is 11.4. The Hall–Kier alpha value is -0.540. The molecule has 0 saturated carbocycles. The maximum atomic E-state index is 9.83. The molecule has 0 aliphatic rings. The summed E-state index contributed by atoms with van der Waals surface area (Å²) in [5.74, 6) is 1.00. The van der Waals surface area contributed by atoms with Crippen molar-refractivity contribution in [1.29, 1.82) is 0 Å². The van der Waals surface area contributed by atoms with Crippen LogP contribution in [0.3, 0.4) is 0 Å². The van der Waals surface area contributed by atoms with Crippen molar-refractivity contribution >= 4 is 17.0 Å². The minimum absolute atomic E-state index is 0. The molecule has 16 heavy (non-hydrogen) atoms. The van der Waals surface area contributed by atoms with Gasteiger partial charge in [-0.05, 0) is 43.6 Å². The lowest BCUT2D eigenvalue weighted by molar-refractivity contribution is 0.396. The molecule has 1 aromatic rings. The molecule has 0 atom stereocenters. The normalized spacial score (nSPS) is 10.6. The lowest BCUT2D eigenvalue weighted by atomic mass is 9.97. The van der Waals surface area contributed by atoms with Crippen LogP contribution in [0.1, 0.15) is 25.0 Å². The molecule has 2 nitrogen and oxygen atoms in total.